The number of carbonyl (C=O) groups is 1. The summed E-state index contributed by atoms with van der Waals surface area (Å²) >= 11 is 0. The van der Waals surface area contributed by atoms with Gasteiger partial charge < -0.3 is 15.2 Å². The van der Waals surface area contributed by atoms with E-state index in [1.165, 1.54) is 0 Å². The number of nitrogens with two attached hydrogens (primary N) is 1. The van der Waals surface area contributed by atoms with Crippen molar-refractivity contribution in [2.24, 2.45) is 5.92 Å². The van der Waals surface area contributed by atoms with E-state index in [0.717, 1.165) is 6.42 Å². The quantitative estimate of drug-likeness (QED) is 0.356. The van der Waals surface area contributed by atoms with Crippen LogP contribution in [0.3, 0.4) is 0 Å². The van der Waals surface area contributed by atoms with Crippen LogP contribution in [0.4, 0.5) is 5.95 Å². The van der Waals surface area contributed by atoms with Crippen molar-refractivity contribution in [3.63, 3.8) is 0 Å². The predicted molar refractivity (Wildman–Crippen MR) is 129 cm³/mol. The molecule has 1 saturated heterocycles. The van der Waals surface area contributed by atoms with Gasteiger partial charge in [-0.2, -0.15) is 4.98 Å². The minimum Gasteiger partial charge on any atom is -0.437 e. The number of hydrogen-bond donors (Lipinski definition) is 1. The molecule has 3 heterocycles. The van der Waals surface area contributed by atoms with Crippen molar-refractivity contribution in [3.05, 3.63) is 48.4 Å². The molecule has 1 fully saturated rings. The van der Waals surface area contributed by atoms with Crippen LogP contribution < -0.4 is 5.73 Å². The van der Waals surface area contributed by atoms with Crippen LogP contribution in [-0.4, -0.2) is 45.3 Å². The summed E-state index contributed by atoms with van der Waals surface area (Å²) in [5.41, 5.74) is 9.59. The predicted octanol–water partition coefficient (Wildman–Crippen LogP) is 3.83. The first-order chi connectivity index (χ1) is 15.6. The van der Waals surface area contributed by atoms with Gasteiger partial charge in [-0.1, -0.05) is 57.6 Å². The summed E-state index contributed by atoms with van der Waals surface area (Å²) in [6.45, 7) is 10.5. The highest BCUT2D eigenvalue weighted by Crippen LogP contribution is 2.47. The van der Waals surface area contributed by atoms with Gasteiger partial charge in [0.25, 0.3) is 0 Å². The first-order valence-electron chi connectivity index (χ1n) is 11.1. The normalized spacial score (nSPS) is 24.9. The summed E-state index contributed by atoms with van der Waals surface area (Å²) in [7, 11) is -1.82. The minimum absolute atomic E-state index is 0.127. The lowest BCUT2D eigenvalue weighted by molar-refractivity contribution is -0.0754. The Hall–Kier alpha value is -3.22. The molecular weight excluding hydrogens is 434 g/mol. The molecule has 2 N–H and O–H groups in total. The second kappa shape index (κ2) is 8.61. The largest absolute Gasteiger partial charge is 0.437 e. The van der Waals surface area contributed by atoms with Crippen LogP contribution in [-0.2, 0) is 9.47 Å². The molecule has 3 aromatic rings. The Kier molecular flexibility index (Phi) is 5.99. The van der Waals surface area contributed by atoms with Gasteiger partial charge >= 0.3 is 5.97 Å². The van der Waals surface area contributed by atoms with Crippen LogP contribution in [0.15, 0.2) is 42.9 Å². The Labute approximate surface area is 194 Å². The number of esters is 1. The van der Waals surface area contributed by atoms with Crippen molar-refractivity contribution in [1.29, 1.82) is 0 Å². The summed E-state index contributed by atoms with van der Waals surface area (Å²) < 4.78 is 14.6. The number of imidazole rings is 1. The number of aromatic nitrogens is 4. The van der Waals surface area contributed by atoms with Crippen molar-refractivity contribution < 1.29 is 14.3 Å². The minimum atomic E-state index is -1.82. The smallest absolute Gasteiger partial charge is 0.339 e. The van der Waals surface area contributed by atoms with Gasteiger partial charge in [-0.3, -0.25) is 4.57 Å². The second-order valence-corrected chi connectivity index (χ2v) is 14.1. The van der Waals surface area contributed by atoms with Crippen LogP contribution in [0.5, 0.6) is 0 Å². The zero-order chi connectivity index (χ0) is 23.8. The molecule has 9 heteroatoms. The number of nitrogens with zero attached hydrogens (tertiary/aromatic N) is 4. The Balaban J connectivity index is 1.90. The van der Waals surface area contributed by atoms with E-state index >= 15 is 0 Å². The highest BCUT2D eigenvalue weighted by molar-refractivity contribution is 6.83. The molecule has 0 radical (unpaired) electrons. The summed E-state index contributed by atoms with van der Waals surface area (Å²) in [5.74, 6) is 2.87. The van der Waals surface area contributed by atoms with Crippen LogP contribution >= 0.6 is 0 Å². The average Bonchev–Trinajstić information content (AvgIpc) is 3.31. The molecule has 0 saturated carbocycles. The molecule has 172 valence electrons. The number of fused-ring (bicyclic) bond motifs is 1. The number of carbonyl (C=O) groups excluding carboxylic acids is 1. The van der Waals surface area contributed by atoms with E-state index in [0.29, 0.717) is 16.7 Å². The van der Waals surface area contributed by atoms with Gasteiger partial charge in [-0.15, -0.1) is 5.54 Å². The Morgan fingerprint density at radius 1 is 1.27 bits per heavy atom. The molecule has 0 aliphatic carbocycles. The SMILES string of the molecule is CC[C@H]1OC(n2cnc3cnc(N)nc32)[C@](C#C[Si](C)(C)C)(OC(=O)c2ccccc2)[C@@H]1C. The molecular formula is C24H29N5O3Si. The Morgan fingerprint density at radius 2 is 2.00 bits per heavy atom. The third kappa shape index (κ3) is 4.36. The molecule has 0 spiro atoms. The van der Waals surface area contributed by atoms with Crippen molar-refractivity contribution in [1.82, 2.24) is 19.5 Å². The summed E-state index contributed by atoms with van der Waals surface area (Å²) in [5, 5.41) is 0. The molecule has 2 aromatic heterocycles. The lowest BCUT2D eigenvalue weighted by Crippen LogP contribution is -2.45. The summed E-state index contributed by atoms with van der Waals surface area (Å²) in [6, 6.07) is 8.93. The molecule has 4 rings (SSSR count). The van der Waals surface area contributed by atoms with E-state index in [1.807, 2.05) is 19.9 Å². The van der Waals surface area contributed by atoms with Gasteiger partial charge in [0.15, 0.2) is 11.9 Å². The van der Waals surface area contributed by atoms with Crippen molar-refractivity contribution in [3.8, 4) is 11.5 Å². The van der Waals surface area contributed by atoms with Gasteiger partial charge in [0.05, 0.1) is 24.2 Å². The fraction of sp³-hybridized carbons (Fsp3) is 0.417. The number of benzene rings is 1. The topological polar surface area (TPSA) is 105 Å². The average molecular weight is 464 g/mol. The van der Waals surface area contributed by atoms with Gasteiger partial charge in [-0.25, -0.2) is 14.8 Å². The van der Waals surface area contributed by atoms with Gasteiger partial charge in [0, 0.05) is 5.92 Å². The monoisotopic (exact) mass is 463 g/mol. The molecule has 33 heavy (non-hydrogen) atoms. The summed E-state index contributed by atoms with van der Waals surface area (Å²) in [6.07, 6.45) is 3.00. The molecule has 1 aliphatic heterocycles. The number of ether oxygens (including phenoxy) is 2. The third-order valence-electron chi connectivity index (χ3n) is 5.80. The van der Waals surface area contributed by atoms with Crippen LogP contribution in [0.1, 0.15) is 36.9 Å². The molecule has 1 aromatic carbocycles. The highest BCUT2D eigenvalue weighted by Gasteiger charge is 2.58. The van der Waals surface area contributed by atoms with Gasteiger partial charge in [0.2, 0.25) is 11.5 Å². The first-order valence-corrected chi connectivity index (χ1v) is 14.6. The highest BCUT2D eigenvalue weighted by atomic mass is 28.3. The van der Waals surface area contributed by atoms with Crippen LogP contribution in [0.25, 0.3) is 11.2 Å². The number of hydrogen-bond acceptors (Lipinski definition) is 7. The zero-order valence-corrected chi connectivity index (χ0v) is 20.6. The number of rotatable bonds is 4. The standard InChI is InChI=1S/C24H29N5O3Si/c1-6-19-16(2)24(12-13-33(3,4)5,32-21(30)17-10-8-7-9-11-17)22(31-19)29-15-27-18-14-26-23(25)28-20(18)29/h7-11,14-16,19,22H,6H2,1-5H3,(H2,25,26,28)/t16-,19-,22?,24-/m1/s1. The Morgan fingerprint density at radius 3 is 2.67 bits per heavy atom. The second-order valence-electron chi connectivity index (χ2n) is 9.36. The van der Waals surface area contributed by atoms with E-state index in [1.54, 1.807) is 41.4 Å². The Bertz CT molecular complexity index is 1230. The summed E-state index contributed by atoms with van der Waals surface area (Å²) in [4.78, 5) is 26.1. The lowest BCUT2D eigenvalue weighted by atomic mass is 9.85. The van der Waals surface area contributed by atoms with Gasteiger partial charge in [-0.05, 0) is 18.6 Å². The number of anilines is 1. The lowest BCUT2D eigenvalue weighted by Gasteiger charge is -2.33. The van der Waals surface area contributed by atoms with Crippen molar-refractivity contribution in [2.75, 3.05) is 5.73 Å². The molecule has 1 aliphatic rings. The maximum Gasteiger partial charge on any atom is 0.339 e. The van der Waals surface area contributed by atoms with E-state index in [9.17, 15) is 4.79 Å². The maximum absolute atomic E-state index is 13.3. The van der Waals surface area contributed by atoms with Crippen molar-refractivity contribution >= 4 is 31.2 Å². The zero-order valence-electron chi connectivity index (χ0n) is 19.6. The van der Waals surface area contributed by atoms with Crippen molar-refractivity contribution in [2.45, 2.75) is 57.8 Å². The third-order valence-corrected chi connectivity index (χ3v) is 6.67. The van der Waals surface area contributed by atoms with Crippen LogP contribution in [0.2, 0.25) is 19.6 Å². The van der Waals surface area contributed by atoms with E-state index < -0.39 is 25.9 Å². The van der Waals surface area contributed by atoms with E-state index in [4.69, 9.17) is 15.2 Å². The molecule has 8 nitrogen and oxygen atoms in total. The molecule has 0 bridgehead atoms. The maximum atomic E-state index is 13.3. The fourth-order valence-corrected chi connectivity index (χ4v) is 4.61. The van der Waals surface area contributed by atoms with Gasteiger partial charge in [0.1, 0.15) is 13.6 Å². The molecule has 4 atom stereocenters. The molecule has 1 unspecified atom stereocenters. The van der Waals surface area contributed by atoms with Crippen LogP contribution in [0, 0.1) is 17.4 Å². The first kappa shape index (κ1) is 23.0. The fourth-order valence-electron chi connectivity index (χ4n) is 4.04. The number of nitrogen functional groups attached to an aromatic ring is 1. The molecule has 0 amide bonds. The van der Waals surface area contributed by atoms with E-state index in [-0.39, 0.29) is 18.0 Å². The van der Waals surface area contributed by atoms with E-state index in [2.05, 4.69) is 46.1 Å².